The Morgan fingerprint density at radius 3 is 2.36 bits per heavy atom. The standard InChI is InChI=1S/C20H21N4O/c1-13-9-16(10-14(2)20(13)25)15-3-4-17-18(11-15)23-19(12-22-17)24-7-5-21-6-8-24/h3-4,9-12,25H,5-8H2,1-2H3. The van der Waals surface area contributed by atoms with Crippen LogP contribution in [-0.4, -0.2) is 41.3 Å². The second-order valence-electron chi connectivity index (χ2n) is 6.55. The molecule has 1 radical (unpaired) electrons. The summed E-state index contributed by atoms with van der Waals surface area (Å²) < 4.78 is 0. The molecular formula is C20H21N4O. The lowest BCUT2D eigenvalue weighted by atomic mass is 9.99. The molecule has 1 aliphatic heterocycles. The molecule has 0 amide bonds. The minimum atomic E-state index is 0.363. The average Bonchev–Trinajstić information content (AvgIpc) is 2.65. The first-order valence-corrected chi connectivity index (χ1v) is 8.57. The number of phenols is 1. The highest BCUT2D eigenvalue weighted by molar-refractivity contribution is 5.82. The number of rotatable bonds is 2. The lowest BCUT2D eigenvalue weighted by Gasteiger charge is -2.27. The van der Waals surface area contributed by atoms with Gasteiger partial charge in [-0.2, -0.15) is 0 Å². The van der Waals surface area contributed by atoms with Gasteiger partial charge in [0.2, 0.25) is 0 Å². The van der Waals surface area contributed by atoms with Crippen molar-refractivity contribution in [3.8, 4) is 16.9 Å². The topological polar surface area (TPSA) is 63.4 Å². The molecule has 0 saturated carbocycles. The fourth-order valence-electron chi connectivity index (χ4n) is 3.29. The number of aryl methyl sites for hydroxylation is 2. The molecule has 5 nitrogen and oxygen atoms in total. The van der Waals surface area contributed by atoms with E-state index in [1.165, 1.54) is 0 Å². The predicted molar refractivity (Wildman–Crippen MR) is 100 cm³/mol. The summed E-state index contributed by atoms with van der Waals surface area (Å²) in [5.41, 5.74) is 5.71. The molecule has 1 aliphatic rings. The van der Waals surface area contributed by atoms with Crippen molar-refractivity contribution in [2.75, 3.05) is 31.1 Å². The third-order valence-corrected chi connectivity index (χ3v) is 4.73. The second-order valence-corrected chi connectivity index (χ2v) is 6.55. The summed E-state index contributed by atoms with van der Waals surface area (Å²) >= 11 is 0. The highest BCUT2D eigenvalue weighted by Gasteiger charge is 2.14. The first-order chi connectivity index (χ1) is 12.1. The van der Waals surface area contributed by atoms with Crippen LogP contribution in [0, 0.1) is 13.8 Å². The van der Waals surface area contributed by atoms with Gasteiger partial charge < -0.3 is 10.0 Å². The summed E-state index contributed by atoms with van der Waals surface area (Å²) in [6.07, 6.45) is 1.85. The summed E-state index contributed by atoms with van der Waals surface area (Å²) in [7, 11) is 0. The van der Waals surface area contributed by atoms with Crippen molar-refractivity contribution in [3.05, 3.63) is 47.7 Å². The quantitative estimate of drug-likeness (QED) is 0.783. The van der Waals surface area contributed by atoms with Crippen LogP contribution in [0.1, 0.15) is 11.1 Å². The fraction of sp³-hybridized carbons (Fsp3) is 0.300. The van der Waals surface area contributed by atoms with Crippen molar-refractivity contribution < 1.29 is 5.11 Å². The van der Waals surface area contributed by atoms with E-state index in [0.717, 1.165) is 65.3 Å². The van der Waals surface area contributed by atoms with E-state index >= 15 is 0 Å². The van der Waals surface area contributed by atoms with Gasteiger partial charge in [0, 0.05) is 26.2 Å². The number of aromatic nitrogens is 2. The van der Waals surface area contributed by atoms with Crippen molar-refractivity contribution in [1.29, 1.82) is 0 Å². The molecule has 5 heteroatoms. The van der Waals surface area contributed by atoms with Gasteiger partial charge in [0.15, 0.2) is 0 Å². The number of benzene rings is 2. The molecule has 2 heterocycles. The smallest absolute Gasteiger partial charge is 0.147 e. The number of phenolic OH excluding ortho intramolecular Hbond substituents is 1. The van der Waals surface area contributed by atoms with Crippen LogP contribution < -0.4 is 10.2 Å². The Bertz CT molecular complexity index is 909. The molecular weight excluding hydrogens is 312 g/mol. The SMILES string of the molecule is Cc1cc(-c2ccc3ncc(N4CC[N]CC4)nc3c2)cc(C)c1O. The van der Waals surface area contributed by atoms with Crippen molar-refractivity contribution in [2.45, 2.75) is 13.8 Å². The van der Waals surface area contributed by atoms with E-state index < -0.39 is 0 Å². The van der Waals surface area contributed by atoms with Crippen LogP contribution in [0.25, 0.3) is 22.2 Å². The minimum Gasteiger partial charge on any atom is -0.507 e. The number of piperazine rings is 1. The molecule has 25 heavy (non-hydrogen) atoms. The van der Waals surface area contributed by atoms with E-state index in [2.05, 4.69) is 27.3 Å². The molecule has 0 aliphatic carbocycles. The third-order valence-electron chi connectivity index (χ3n) is 4.73. The maximum Gasteiger partial charge on any atom is 0.147 e. The molecule has 3 aromatic rings. The summed E-state index contributed by atoms with van der Waals surface area (Å²) in [5, 5.41) is 14.4. The van der Waals surface area contributed by atoms with Gasteiger partial charge in [-0.05, 0) is 60.4 Å². The van der Waals surface area contributed by atoms with Crippen LogP contribution in [0.5, 0.6) is 5.75 Å². The highest BCUT2D eigenvalue weighted by atomic mass is 16.3. The van der Waals surface area contributed by atoms with Crippen LogP contribution in [0.2, 0.25) is 0 Å². The molecule has 1 saturated heterocycles. The van der Waals surface area contributed by atoms with Crippen molar-refractivity contribution >= 4 is 16.9 Å². The maximum absolute atomic E-state index is 9.99. The van der Waals surface area contributed by atoms with E-state index in [1.54, 1.807) is 0 Å². The van der Waals surface area contributed by atoms with Gasteiger partial charge in [-0.1, -0.05) is 6.07 Å². The summed E-state index contributed by atoms with van der Waals surface area (Å²) in [6.45, 7) is 7.35. The zero-order valence-electron chi connectivity index (χ0n) is 14.5. The van der Waals surface area contributed by atoms with Gasteiger partial charge in [0.1, 0.15) is 11.6 Å². The molecule has 0 bridgehead atoms. The lowest BCUT2D eigenvalue weighted by molar-refractivity contribution is 0.467. The largest absolute Gasteiger partial charge is 0.507 e. The molecule has 0 atom stereocenters. The van der Waals surface area contributed by atoms with Gasteiger partial charge in [0.05, 0.1) is 17.2 Å². The number of hydrogen-bond acceptors (Lipinski definition) is 4. The molecule has 0 unspecified atom stereocenters. The Morgan fingerprint density at radius 2 is 1.64 bits per heavy atom. The normalized spacial score (nSPS) is 14.9. The van der Waals surface area contributed by atoms with Crippen molar-refractivity contribution in [2.24, 2.45) is 0 Å². The number of nitrogens with zero attached hydrogens (tertiary/aromatic N) is 4. The van der Waals surface area contributed by atoms with Crippen LogP contribution >= 0.6 is 0 Å². The molecule has 1 fully saturated rings. The van der Waals surface area contributed by atoms with Crippen LogP contribution in [0.15, 0.2) is 36.5 Å². The van der Waals surface area contributed by atoms with Gasteiger partial charge in [-0.25, -0.2) is 10.3 Å². The first kappa shape index (κ1) is 15.8. The fourth-order valence-corrected chi connectivity index (χ4v) is 3.29. The van der Waals surface area contributed by atoms with Crippen LogP contribution in [-0.2, 0) is 0 Å². The zero-order valence-corrected chi connectivity index (χ0v) is 14.5. The minimum absolute atomic E-state index is 0.363. The second kappa shape index (κ2) is 6.33. The number of aromatic hydroxyl groups is 1. The average molecular weight is 333 g/mol. The van der Waals surface area contributed by atoms with Gasteiger partial charge in [0.25, 0.3) is 0 Å². The van der Waals surface area contributed by atoms with E-state index in [9.17, 15) is 5.11 Å². The predicted octanol–water partition coefficient (Wildman–Crippen LogP) is 3.04. The Labute approximate surface area is 147 Å². The summed E-state index contributed by atoms with van der Waals surface area (Å²) in [4.78, 5) is 11.6. The molecule has 4 rings (SSSR count). The van der Waals surface area contributed by atoms with E-state index in [4.69, 9.17) is 4.98 Å². The van der Waals surface area contributed by atoms with Gasteiger partial charge >= 0.3 is 0 Å². The Morgan fingerprint density at radius 1 is 0.920 bits per heavy atom. The molecule has 0 spiro atoms. The summed E-state index contributed by atoms with van der Waals surface area (Å²) in [5.74, 6) is 1.28. The molecule has 127 valence electrons. The number of fused-ring (bicyclic) bond motifs is 1. The van der Waals surface area contributed by atoms with Crippen LogP contribution in [0.3, 0.4) is 0 Å². The van der Waals surface area contributed by atoms with Crippen molar-refractivity contribution in [1.82, 2.24) is 15.3 Å². The number of hydrogen-bond donors (Lipinski definition) is 1. The Hall–Kier alpha value is -2.66. The number of anilines is 1. The monoisotopic (exact) mass is 333 g/mol. The Kier molecular flexibility index (Phi) is 4.01. The highest BCUT2D eigenvalue weighted by Crippen LogP contribution is 2.30. The third kappa shape index (κ3) is 3.03. The van der Waals surface area contributed by atoms with Gasteiger partial charge in [-0.15, -0.1) is 0 Å². The Balaban J connectivity index is 1.76. The zero-order chi connectivity index (χ0) is 17.4. The molecule has 1 N–H and O–H groups in total. The maximum atomic E-state index is 9.99. The van der Waals surface area contributed by atoms with E-state index in [1.807, 2.05) is 38.2 Å². The molecule has 1 aromatic heterocycles. The van der Waals surface area contributed by atoms with Gasteiger partial charge in [-0.3, -0.25) is 4.98 Å². The molecule has 2 aromatic carbocycles. The van der Waals surface area contributed by atoms with E-state index in [0.29, 0.717) is 5.75 Å². The first-order valence-electron chi connectivity index (χ1n) is 8.57. The van der Waals surface area contributed by atoms with Crippen molar-refractivity contribution in [3.63, 3.8) is 0 Å². The summed E-state index contributed by atoms with van der Waals surface area (Å²) in [6, 6.07) is 10.2. The lowest BCUT2D eigenvalue weighted by Crippen LogP contribution is -2.40. The van der Waals surface area contributed by atoms with Crippen LogP contribution in [0.4, 0.5) is 5.82 Å². The van der Waals surface area contributed by atoms with E-state index in [-0.39, 0.29) is 0 Å².